The van der Waals surface area contributed by atoms with E-state index in [-0.39, 0.29) is 0 Å². The molecule has 112 valence electrons. The van der Waals surface area contributed by atoms with Crippen LogP contribution in [0.2, 0.25) is 0 Å². The third kappa shape index (κ3) is 3.82. The summed E-state index contributed by atoms with van der Waals surface area (Å²) in [5.74, 6) is 0. The molecule has 2 fully saturated rings. The fourth-order valence-corrected chi connectivity index (χ4v) is 4.37. The molecule has 2 saturated heterocycles. The lowest BCUT2D eigenvalue weighted by Gasteiger charge is -2.25. The molecule has 3 nitrogen and oxygen atoms in total. The number of thiophene rings is 1. The van der Waals surface area contributed by atoms with Crippen molar-refractivity contribution in [2.75, 3.05) is 39.3 Å². The van der Waals surface area contributed by atoms with Gasteiger partial charge in [-0.25, -0.2) is 0 Å². The Hall–Kier alpha value is -0.420. The summed E-state index contributed by atoms with van der Waals surface area (Å²) >= 11 is 1.91. The minimum atomic E-state index is 0.845. The Bertz CT molecular complexity index is 418. The fraction of sp³-hybridized carbons (Fsp3) is 0.750. The molecule has 1 aromatic heterocycles. The Labute approximate surface area is 127 Å². The van der Waals surface area contributed by atoms with Crippen LogP contribution in [0, 0.1) is 6.92 Å². The summed E-state index contributed by atoms with van der Waals surface area (Å²) in [5, 5.41) is 3.60. The Kier molecular flexibility index (Phi) is 5.10. The van der Waals surface area contributed by atoms with E-state index >= 15 is 0 Å². The molecule has 2 aliphatic heterocycles. The standard InChI is InChI=1S/C16H27N3S/c1-14-5-6-16(20-14)12-17-7-11-18-8-3-10-19-9-2-4-15(19)13-18/h5-6,15,17H,2-4,7-13H2,1H3. The number of fused-ring (bicyclic) bond motifs is 1. The van der Waals surface area contributed by atoms with Gasteiger partial charge >= 0.3 is 0 Å². The Balaban J connectivity index is 1.37. The summed E-state index contributed by atoms with van der Waals surface area (Å²) in [7, 11) is 0. The van der Waals surface area contributed by atoms with Crippen molar-refractivity contribution in [1.29, 1.82) is 0 Å². The average molecular weight is 293 g/mol. The number of hydrogen-bond acceptors (Lipinski definition) is 4. The van der Waals surface area contributed by atoms with E-state index in [9.17, 15) is 0 Å². The molecule has 4 heteroatoms. The molecule has 0 spiro atoms. The summed E-state index contributed by atoms with van der Waals surface area (Å²) < 4.78 is 0. The third-order valence-corrected chi connectivity index (χ3v) is 5.59. The van der Waals surface area contributed by atoms with Gasteiger partial charge in [0.2, 0.25) is 0 Å². The SMILES string of the molecule is Cc1ccc(CNCCN2CCCN3CCCC3C2)s1. The van der Waals surface area contributed by atoms with E-state index in [0.29, 0.717) is 0 Å². The Morgan fingerprint density at radius 3 is 3.00 bits per heavy atom. The van der Waals surface area contributed by atoms with Crippen molar-refractivity contribution in [1.82, 2.24) is 15.1 Å². The molecule has 1 atom stereocenters. The summed E-state index contributed by atoms with van der Waals surface area (Å²) in [6, 6.07) is 5.30. The smallest absolute Gasteiger partial charge is 0.0300 e. The topological polar surface area (TPSA) is 18.5 Å². The molecule has 1 aromatic rings. The zero-order valence-corrected chi connectivity index (χ0v) is 13.4. The van der Waals surface area contributed by atoms with Crippen molar-refractivity contribution in [2.45, 2.75) is 38.8 Å². The zero-order chi connectivity index (χ0) is 13.8. The molecule has 0 bridgehead atoms. The Morgan fingerprint density at radius 1 is 1.25 bits per heavy atom. The second-order valence-corrected chi connectivity index (χ2v) is 7.55. The Morgan fingerprint density at radius 2 is 2.15 bits per heavy atom. The van der Waals surface area contributed by atoms with E-state index in [1.54, 1.807) is 0 Å². The van der Waals surface area contributed by atoms with E-state index < -0.39 is 0 Å². The first-order chi connectivity index (χ1) is 9.81. The number of nitrogens with one attached hydrogen (secondary N) is 1. The maximum atomic E-state index is 3.60. The van der Waals surface area contributed by atoms with Crippen LogP contribution in [0.25, 0.3) is 0 Å². The lowest BCUT2D eigenvalue weighted by molar-refractivity contribution is 0.220. The first-order valence-corrected chi connectivity index (χ1v) is 8.85. The highest BCUT2D eigenvalue weighted by Gasteiger charge is 2.28. The lowest BCUT2D eigenvalue weighted by atomic mass is 10.2. The number of aryl methyl sites for hydroxylation is 1. The molecule has 0 radical (unpaired) electrons. The van der Waals surface area contributed by atoms with Crippen LogP contribution in [0.1, 0.15) is 29.0 Å². The van der Waals surface area contributed by atoms with Crippen LogP contribution in [-0.2, 0) is 6.54 Å². The van der Waals surface area contributed by atoms with Crippen molar-refractivity contribution >= 4 is 11.3 Å². The molecular formula is C16H27N3S. The minimum Gasteiger partial charge on any atom is -0.311 e. The predicted octanol–water partition coefficient (Wildman–Crippen LogP) is 2.32. The maximum absolute atomic E-state index is 3.60. The van der Waals surface area contributed by atoms with Gasteiger partial charge in [-0.15, -0.1) is 11.3 Å². The molecule has 2 aliphatic rings. The van der Waals surface area contributed by atoms with Gasteiger partial charge in [0, 0.05) is 42.0 Å². The number of rotatable bonds is 5. The first-order valence-electron chi connectivity index (χ1n) is 8.04. The van der Waals surface area contributed by atoms with Crippen molar-refractivity contribution < 1.29 is 0 Å². The largest absolute Gasteiger partial charge is 0.311 e. The van der Waals surface area contributed by atoms with Gasteiger partial charge in [0.25, 0.3) is 0 Å². The van der Waals surface area contributed by atoms with Crippen molar-refractivity contribution in [3.63, 3.8) is 0 Å². The van der Waals surface area contributed by atoms with Crippen LogP contribution in [-0.4, -0.2) is 55.1 Å². The summed E-state index contributed by atoms with van der Waals surface area (Å²) in [6.45, 7) is 10.8. The van der Waals surface area contributed by atoms with Crippen LogP contribution < -0.4 is 5.32 Å². The minimum absolute atomic E-state index is 0.845. The van der Waals surface area contributed by atoms with Crippen LogP contribution in [0.4, 0.5) is 0 Å². The van der Waals surface area contributed by atoms with Gasteiger partial charge in [-0.3, -0.25) is 4.90 Å². The van der Waals surface area contributed by atoms with E-state index in [0.717, 1.165) is 19.1 Å². The number of hydrogen-bond donors (Lipinski definition) is 1. The molecule has 0 aromatic carbocycles. The molecule has 1 N–H and O–H groups in total. The second kappa shape index (κ2) is 7.03. The quantitative estimate of drug-likeness (QED) is 0.841. The predicted molar refractivity (Wildman–Crippen MR) is 86.4 cm³/mol. The van der Waals surface area contributed by atoms with Gasteiger partial charge in [0.05, 0.1) is 0 Å². The van der Waals surface area contributed by atoms with E-state index in [4.69, 9.17) is 0 Å². The van der Waals surface area contributed by atoms with Crippen molar-refractivity contribution in [2.24, 2.45) is 0 Å². The highest BCUT2D eigenvalue weighted by Crippen LogP contribution is 2.21. The molecule has 0 amide bonds. The van der Waals surface area contributed by atoms with Crippen LogP contribution in [0.15, 0.2) is 12.1 Å². The van der Waals surface area contributed by atoms with Gasteiger partial charge in [-0.2, -0.15) is 0 Å². The van der Waals surface area contributed by atoms with E-state index in [1.165, 1.54) is 61.7 Å². The van der Waals surface area contributed by atoms with Gasteiger partial charge < -0.3 is 10.2 Å². The molecule has 0 saturated carbocycles. The van der Waals surface area contributed by atoms with Gasteiger partial charge in [0.15, 0.2) is 0 Å². The van der Waals surface area contributed by atoms with Gasteiger partial charge in [-0.1, -0.05) is 0 Å². The molecule has 20 heavy (non-hydrogen) atoms. The monoisotopic (exact) mass is 293 g/mol. The van der Waals surface area contributed by atoms with Gasteiger partial charge in [0.1, 0.15) is 0 Å². The fourth-order valence-electron chi connectivity index (χ4n) is 3.52. The first kappa shape index (κ1) is 14.5. The molecule has 0 aliphatic carbocycles. The third-order valence-electron chi connectivity index (χ3n) is 4.59. The number of nitrogens with zero attached hydrogens (tertiary/aromatic N) is 2. The summed E-state index contributed by atoms with van der Waals surface area (Å²) in [4.78, 5) is 8.25. The molecular weight excluding hydrogens is 266 g/mol. The normalized spacial score (nSPS) is 24.8. The van der Waals surface area contributed by atoms with Crippen LogP contribution >= 0.6 is 11.3 Å². The van der Waals surface area contributed by atoms with Crippen LogP contribution in [0.3, 0.4) is 0 Å². The van der Waals surface area contributed by atoms with Crippen molar-refractivity contribution in [3.05, 3.63) is 21.9 Å². The average Bonchev–Trinajstić information content (AvgIpc) is 3.00. The summed E-state index contributed by atoms with van der Waals surface area (Å²) in [6.07, 6.45) is 4.17. The molecule has 3 rings (SSSR count). The van der Waals surface area contributed by atoms with E-state index in [2.05, 4.69) is 34.2 Å². The van der Waals surface area contributed by atoms with E-state index in [1.807, 2.05) is 11.3 Å². The van der Waals surface area contributed by atoms with Crippen molar-refractivity contribution in [3.8, 4) is 0 Å². The van der Waals surface area contributed by atoms with Gasteiger partial charge in [-0.05, 0) is 58.0 Å². The lowest BCUT2D eigenvalue weighted by Crippen LogP contribution is -2.39. The summed E-state index contributed by atoms with van der Waals surface area (Å²) in [5.41, 5.74) is 0. The molecule has 1 unspecified atom stereocenters. The highest BCUT2D eigenvalue weighted by molar-refractivity contribution is 7.11. The highest BCUT2D eigenvalue weighted by atomic mass is 32.1. The maximum Gasteiger partial charge on any atom is 0.0300 e. The molecule has 3 heterocycles. The second-order valence-electron chi connectivity index (χ2n) is 6.18. The zero-order valence-electron chi connectivity index (χ0n) is 12.6. The van der Waals surface area contributed by atoms with Crippen LogP contribution in [0.5, 0.6) is 0 Å².